The van der Waals surface area contributed by atoms with E-state index in [0.29, 0.717) is 34.9 Å². The normalized spacial score (nSPS) is 14.5. The summed E-state index contributed by atoms with van der Waals surface area (Å²) in [4.78, 5) is 34.5. The lowest BCUT2D eigenvalue weighted by Gasteiger charge is -2.28. The maximum Gasteiger partial charge on any atom is 0.328 e. The molecule has 2 aromatic carbocycles. The molecule has 0 atom stereocenters. The van der Waals surface area contributed by atoms with Crippen molar-refractivity contribution in [3.05, 3.63) is 77.5 Å². The van der Waals surface area contributed by atoms with Gasteiger partial charge in [0, 0.05) is 29.3 Å². The Bertz CT molecular complexity index is 1240. The number of piperidine rings is 1. The van der Waals surface area contributed by atoms with Gasteiger partial charge in [0.1, 0.15) is 5.75 Å². The zero-order valence-corrected chi connectivity index (χ0v) is 19.7. The molecule has 0 bridgehead atoms. The van der Waals surface area contributed by atoms with Crippen LogP contribution in [0.2, 0.25) is 0 Å². The van der Waals surface area contributed by atoms with Gasteiger partial charge in [0.25, 0.3) is 0 Å². The number of hydrogen-bond acceptors (Lipinski definition) is 6. The smallest absolute Gasteiger partial charge is 0.328 e. The van der Waals surface area contributed by atoms with Crippen LogP contribution in [0.25, 0.3) is 10.9 Å². The van der Waals surface area contributed by atoms with Crippen molar-refractivity contribution in [1.82, 2.24) is 9.58 Å². The van der Waals surface area contributed by atoms with Crippen LogP contribution >= 0.6 is 0 Å². The van der Waals surface area contributed by atoms with Gasteiger partial charge in [0.15, 0.2) is 5.78 Å². The van der Waals surface area contributed by atoms with Crippen LogP contribution in [0.1, 0.15) is 40.2 Å². The van der Waals surface area contributed by atoms with Gasteiger partial charge in [-0.25, -0.2) is 9.59 Å². The lowest BCUT2D eigenvalue weighted by atomic mass is 9.88. The number of carboxylic acid groups (broad SMARTS) is 2. The van der Waals surface area contributed by atoms with Gasteiger partial charge in [0.05, 0.1) is 18.2 Å². The van der Waals surface area contributed by atoms with E-state index in [0.717, 1.165) is 36.8 Å². The number of rotatable bonds is 6. The molecule has 1 fully saturated rings. The van der Waals surface area contributed by atoms with Crippen molar-refractivity contribution in [1.29, 1.82) is 0 Å². The number of hydrogen-bond donors (Lipinski definition) is 3. The number of carbonyl (C=O) groups excluding carboxylic acids is 1. The highest BCUT2D eigenvalue weighted by molar-refractivity contribution is 6.12. The molecule has 1 aliphatic rings. The van der Waals surface area contributed by atoms with Gasteiger partial charge in [0.2, 0.25) is 0 Å². The van der Waals surface area contributed by atoms with Crippen molar-refractivity contribution in [2.75, 3.05) is 33.1 Å². The number of benzene rings is 2. The molecule has 0 saturated carbocycles. The van der Waals surface area contributed by atoms with Crippen molar-refractivity contribution in [2.45, 2.75) is 18.8 Å². The first kappa shape index (κ1) is 25.5. The van der Waals surface area contributed by atoms with Gasteiger partial charge in [-0.05, 0) is 74.8 Å². The lowest BCUT2D eigenvalue weighted by Crippen LogP contribution is -2.29. The molecule has 9 heteroatoms. The van der Waals surface area contributed by atoms with Crippen LogP contribution in [0.4, 0.5) is 0 Å². The minimum atomic E-state index is -1.26. The summed E-state index contributed by atoms with van der Waals surface area (Å²) < 4.78 is 7.04. The van der Waals surface area contributed by atoms with Crippen molar-refractivity contribution in [3.8, 4) is 5.75 Å². The second-order valence-corrected chi connectivity index (χ2v) is 8.34. The Labute approximate surface area is 203 Å². The van der Waals surface area contributed by atoms with E-state index in [2.05, 4.69) is 11.9 Å². The highest BCUT2D eigenvalue weighted by atomic mass is 16.5. The first-order valence-electron chi connectivity index (χ1n) is 11.1. The Morgan fingerprint density at radius 3 is 2.26 bits per heavy atom. The fraction of sp³-hybridized carbons (Fsp3) is 0.269. The van der Waals surface area contributed by atoms with E-state index in [1.54, 1.807) is 17.9 Å². The third-order valence-electron chi connectivity index (χ3n) is 6.00. The summed E-state index contributed by atoms with van der Waals surface area (Å²) in [6, 6.07) is 13.1. The van der Waals surface area contributed by atoms with Crippen LogP contribution < -0.4 is 10.6 Å². The van der Waals surface area contributed by atoms with E-state index < -0.39 is 11.9 Å². The Morgan fingerprint density at radius 2 is 1.66 bits per heavy atom. The number of nitrogens with zero attached hydrogens (tertiary/aromatic N) is 2. The maximum absolute atomic E-state index is 13.1. The third kappa shape index (κ3) is 6.27. The van der Waals surface area contributed by atoms with E-state index >= 15 is 0 Å². The average Bonchev–Trinajstić information content (AvgIpc) is 3.18. The molecule has 35 heavy (non-hydrogen) atoms. The highest BCUT2D eigenvalue weighted by Crippen LogP contribution is 2.34. The summed E-state index contributed by atoms with van der Waals surface area (Å²) >= 11 is 0. The fourth-order valence-corrected chi connectivity index (χ4v) is 4.20. The summed E-state index contributed by atoms with van der Waals surface area (Å²) in [5, 5.41) is 16.7. The molecular weight excluding hydrogens is 450 g/mol. The topological polar surface area (TPSA) is 135 Å². The molecule has 0 spiro atoms. The number of aromatic nitrogens is 1. The van der Waals surface area contributed by atoms with E-state index in [9.17, 15) is 14.4 Å². The summed E-state index contributed by atoms with van der Waals surface area (Å²) in [6.07, 6.45) is 5.36. The largest absolute Gasteiger partial charge is 0.496 e. The number of fused-ring (bicyclic) bond motifs is 1. The van der Waals surface area contributed by atoms with Crippen molar-refractivity contribution >= 4 is 28.6 Å². The second-order valence-electron chi connectivity index (χ2n) is 8.34. The van der Waals surface area contributed by atoms with Gasteiger partial charge >= 0.3 is 11.9 Å². The number of likely N-dealkylation sites (tertiary alicyclic amines) is 1. The van der Waals surface area contributed by atoms with Gasteiger partial charge in [-0.2, -0.15) is 0 Å². The third-order valence-corrected chi connectivity index (χ3v) is 6.00. The monoisotopic (exact) mass is 479 g/mol. The molecule has 2 heterocycles. The average molecular weight is 480 g/mol. The van der Waals surface area contributed by atoms with Crippen LogP contribution in [0.5, 0.6) is 5.75 Å². The van der Waals surface area contributed by atoms with Gasteiger partial charge in [-0.15, -0.1) is 0 Å². The predicted molar refractivity (Wildman–Crippen MR) is 132 cm³/mol. The Kier molecular flexibility index (Phi) is 8.27. The molecule has 0 amide bonds. The van der Waals surface area contributed by atoms with E-state index in [-0.39, 0.29) is 5.78 Å². The standard InChI is InChI=1S/C22H25N3O2.C4H4O4/c1-24-11-9-15(10-12-24)19-14-25(23)20-8-7-16(13-18(19)20)22(26)17-5-3-4-6-21(17)27-2;5-3(6)1-2-4(7)8/h3-8,13-15H,9-12,23H2,1-2H3;1-2H,(H,5,6)(H,7,8). The zero-order valence-electron chi connectivity index (χ0n) is 19.7. The number of carbonyl (C=O) groups is 3. The molecule has 0 radical (unpaired) electrons. The number of para-hydroxylation sites is 1. The number of methoxy groups -OCH3 is 1. The Hall–Kier alpha value is -4.11. The fourth-order valence-electron chi connectivity index (χ4n) is 4.20. The molecule has 1 aliphatic heterocycles. The minimum Gasteiger partial charge on any atom is -0.496 e. The molecule has 4 N–H and O–H groups in total. The summed E-state index contributed by atoms with van der Waals surface area (Å²) in [7, 11) is 3.74. The number of nitrogen functional groups attached to an aromatic ring is 1. The van der Waals surface area contributed by atoms with Crippen LogP contribution in [0.15, 0.2) is 60.8 Å². The predicted octanol–water partition coefficient (Wildman–Crippen LogP) is 3.12. The molecule has 9 nitrogen and oxygen atoms in total. The van der Waals surface area contributed by atoms with E-state index in [1.165, 1.54) is 5.56 Å². The SMILES string of the molecule is COc1ccccc1C(=O)c1ccc2c(c1)c(C1CCN(C)CC1)cn2N.O=C(O)C=CC(=O)O. The molecular formula is C26H29N3O6. The minimum absolute atomic E-state index is 0.0338. The van der Waals surface area contributed by atoms with Crippen molar-refractivity contribution < 1.29 is 29.3 Å². The number of ether oxygens (including phenoxy) is 1. The maximum atomic E-state index is 13.1. The molecule has 0 unspecified atom stereocenters. The van der Waals surface area contributed by atoms with Crippen LogP contribution in [0, 0.1) is 0 Å². The summed E-state index contributed by atoms with van der Waals surface area (Å²) in [5.41, 5.74) is 3.44. The van der Waals surface area contributed by atoms with E-state index in [1.807, 2.05) is 42.6 Å². The number of ketones is 1. The number of carboxylic acids is 2. The van der Waals surface area contributed by atoms with Crippen molar-refractivity contribution in [3.63, 3.8) is 0 Å². The summed E-state index contributed by atoms with van der Waals surface area (Å²) in [5.74, 6) is 4.72. The van der Waals surface area contributed by atoms with E-state index in [4.69, 9.17) is 20.8 Å². The Morgan fingerprint density at radius 1 is 1.03 bits per heavy atom. The number of aliphatic carboxylic acids is 2. The summed E-state index contributed by atoms with van der Waals surface area (Å²) in [6.45, 7) is 2.17. The number of nitrogens with two attached hydrogens (primary N) is 1. The van der Waals surface area contributed by atoms with Crippen LogP contribution in [-0.2, 0) is 9.59 Å². The van der Waals surface area contributed by atoms with Gasteiger partial charge in [-0.1, -0.05) is 12.1 Å². The molecule has 1 saturated heterocycles. The highest BCUT2D eigenvalue weighted by Gasteiger charge is 2.23. The molecule has 3 aromatic rings. The van der Waals surface area contributed by atoms with Crippen LogP contribution in [-0.4, -0.2) is 64.8 Å². The molecule has 4 rings (SSSR count). The zero-order chi connectivity index (χ0) is 25.5. The molecule has 1 aromatic heterocycles. The molecule has 0 aliphatic carbocycles. The van der Waals surface area contributed by atoms with Gasteiger partial charge < -0.3 is 25.7 Å². The first-order valence-corrected chi connectivity index (χ1v) is 11.1. The van der Waals surface area contributed by atoms with Gasteiger partial charge in [-0.3, -0.25) is 9.47 Å². The quantitative estimate of drug-likeness (QED) is 0.279. The Balaban J connectivity index is 0.000000371. The second kappa shape index (κ2) is 11.3. The van der Waals surface area contributed by atoms with Crippen LogP contribution in [0.3, 0.4) is 0 Å². The first-order chi connectivity index (χ1) is 16.7. The lowest BCUT2D eigenvalue weighted by molar-refractivity contribution is -0.134. The molecule has 184 valence electrons. The van der Waals surface area contributed by atoms with Crippen molar-refractivity contribution in [2.24, 2.45) is 0 Å².